The van der Waals surface area contributed by atoms with Crippen LogP contribution < -0.4 is 0 Å². The Hall–Kier alpha value is -0.330. The summed E-state index contributed by atoms with van der Waals surface area (Å²) in [6, 6.07) is 0. The zero-order valence-electron chi connectivity index (χ0n) is 10.3. The Bertz CT molecular complexity index is 216. The third kappa shape index (κ3) is 2.59. The van der Waals surface area contributed by atoms with Gasteiger partial charge < -0.3 is 0 Å². The lowest BCUT2D eigenvalue weighted by atomic mass is 9.82. The van der Waals surface area contributed by atoms with Crippen molar-refractivity contribution in [2.24, 2.45) is 16.7 Å². The summed E-state index contributed by atoms with van der Waals surface area (Å²) in [5.74, 6) is 1.17. The fraction of sp³-hybridized carbons (Fsp3) is 0.923. The third-order valence-electron chi connectivity index (χ3n) is 3.80. The van der Waals surface area contributed by atoms with Crippen LogP contribution in [0.4, 0.5) is 0 Å². The number of ketones is 1. The summed E-state index contributed by atoms with van der Waals surface area (Å²) in [6.07, 6.45) is 4.56. The summed E-state index contributed by atoms with van der Waals surface area (Å²) in [6.45, 7) is 10.6. The Morgan fingerprint density at radius 1 is 1.29 bits per heavy atom. The van der Waals surface area contributed by atoms with E-state index in [1.165, 1.54) is 12.8 Å². The molecule has 0 bridgehead atoms. The molecule has 1 rings (SSSR count). The predicted octanol–water partition coefficient (Wildman–Crippen LogP) is 3.82. The molecule has 0 aromatic heterocycles. The standard InChI is InChI=1S/C13H24O/c1-10(2)13(8-9-13)7-6-11(14)12(3,4)5/h10H,6-9H2,1-5H3. The highest BCUT2D eigenvalue weighted by molar-refractivity contribution is 5.83. The SMILES string of the molecule is CC(C)C1(CCC(=O)C(C)(C)C)CC1. The summed E-state index contributed by atoms with van der Waals surface area (Å²) in [5, 5.41) is 0. The minimum Gasteiger partial charge on any atom is -0.299 e. The fourth-order valence-electron chi connectivity index (χ4n) is 2.01. The Kier molecular flexibility index (Phi) is 3.08. The van der Waals surface area contributed by atoms with E-state index in [1.807, 2.05) is 20.8 Å². The normalized spacial score (nSPS) is 19.9. The average Bonchev–Trinajstić information content (AvgIpc) is 2.78. The van der Waals surface area contributed by atoms with Crippen molar-refractivity contribution in [1.29, 1.82) is 0 Å². The first-order valence-electron chi connectivity index (χ1n) is 5.81. The molecule has 82 valence electrons. The van der Waals surface area contributed by atoms with E-state index in [4.69, 9.17) is 0 Å². The molecule has 0 aromatic carbocycles. The van der Waals surface area contributed by atoms with Crippen molar-refractivity contribution in [1.82, 2.24) is 0 Å². The maximum Gasteiger partial charge on any atom is 0.138 e. The van der Waals surface area contributed by atoms with Gasteiger partial charge in [0.15, 0.2) is 0 Å². The van der Waals surface area contributed by atoms with Crippen LogP contribution in [0.3, 0.4) is 0 Å². The molecular formula is C13H24O. The molecule has 0 radical (unpaired) electrons. The van der Waals surface area contributed by atoms with Crippen LogP contribution in [0.25, 0.3) is 0 Å². The van der Waals surface area contributed by atoms with E-state index in [0.29, 0.717) is 11.2 Å². The lowest BCUT2D eigenvalue weighted by molar-refractivity contribution is -0.126. The van der Waals surface area contributed by atoms with Gasteiger partial charge >= 0.3 is 0 Å². The molecule has 0 amide bonds. The number of hydrogen-bond donors (Lipinski definition) is 0. The van der Waals surface area contributed by atoms with Gasteiger partial charge in [-0.3, -0.25) is 4.79 Å². The summed E-state index contributed by atoms with van der Waals surface area (Å²) in [5.41, 5.74) is 0.383. The van der Waals surface area contributed by atoms with Crippen LogP contribution >= 0.6 is 0 Å². The van der Waals surface area contributed by atoms with Gasteiger partial charge in [-0.05, 0) is 30.6 Å². The molecule has 0 aliphatic heterocycles. The van der Waals surface area contributed by atoms with Crippen LogP contribution in [0.15, 0.2) is 0 Å². The quantitative estimate of drug-likeness (QED) is 0.668. The first-order valence-corrected chi connectivity index (χ1v) is 5.81. The summed E-state index contributed by atoms with van der Waals surface area (Å²) in [7, 11) is 0. The Balaban J connectivity index is 2.38. The molecule has 0 N–H and O–H groups in total. The highest BCUT2D eigenvalue weighted by atomic mass is 16.1. The maximum atomic E-state index is 11.8. The first kappa shape index (κ1) is 11.7. The van der Waals surface area contributed by atoms with Gasteiger partial charge in [0.1, 0.15) is 5.78 Å². The first-order chi connectivity index (χ1) is 6.28. The van der Waals surface area contributed by atoms with Gasteiger partial charge in [0.2, 0.25) is 0 Å². The molecule has 0 atom stereocenters. The molecule has 0 unspecified atom stereocenters. The van der Waals surface area contributed by atoms with Gasteiger partial charge in [-0.15, -0.1) is 0 Å². The van der Waals surface area contributed by atoms with E-state index in [9.17, 15) is 4.79 Å². The summed E-state index contributed by atoms with van der Waals surface area (Å²) < 4.78 is 0. The lowest BCUT2D eigenvalue weighted by Gasteiger charge is -2.22. The molecule has 1 fully saturated rings. The lowest BCUT2D eigenvalue weighted by Crippen LogP contribution is -2.22. The predicted molar refractivity (Wildman–Crippen MR) is 60.2 cm³/mol. The minimum absolute atomic E-state index is 0.146. The molecule has 0 saturated heterocycles. The Labute approximate surface area is 88.3 Å². The largest absolute Gasteiger partial charge is 0.299 e. The van der Waals surface area contributed by atoms with Gasteiger partial charge in [-0.2, -0.15) is 0 Å². The highest BCUT2D eigenvalue weighted by Gasteiger charge is 2.45. The van der Waals surface area contributed by atoms with Crippen molar-refractivity contribution in [3.05, 3.63) is 0 Å². The number of carbonyl (C=O) groups excluding carboxylic acids is 1. The number of rotatable bonds is 4. The van der Waals surface area contributed by atoms with Crippen molar-refractivity contribution in [3.63, 3.8) is 0 Å². The topological polar surface area (TPSA) is 17.1 Å². The van der Waals surface area contributed by atoms with Gasteiger partial charge in [-0.1, -0.05) is 34.6 Å². The molecule has 1 aliphatic carbocycles. The molecule has 1 heteroatoms. The van der Waals surface area contributed by atoms with Crippen LogP contribution in [-0.4, -0.2) is 5.78 Å². The van der Waals surface area contributed by atoms with Crippen LogP contribution in [0, 0.1) is 16.7 Å². The third-order valence-corrected chi connectivity index (χ3v) is 3.80. The Morgan fingerprint density at radius 2 is 1.79 bits per heavy atom. The molecule has 1 aliphatic rings. The molecule has 1 saturated carbocycles. The van der Waals surface area contributed by atoms with E-state index in [-0.39, 0.29) is 5.41 Å². The second-order valence-electron chi connectivity index (χ2n) is 6.19. The molecule has 0 spiro atoms. The Morgan fingerprint density at radius 3 is 2.07 bits per heavy atom. The fourth-order valence-corrected chi connectivity index (χ4v) is 2.01. The zero-order valence-corrected chi connectivity index (χ0v) is 10.3. The molecule has 0 aromatic rings. The number of hydrogen-bond acceptors (Lipinski definition) is 1. The molecule has 14 heavy (non-hydrogen) atoms. The van der Waals surface area contributed by atoms with Crippen LogP contribution in [0.5, 0.6) is 0 Å². The highest BCUT2D eigenvalue weighted by Crippen LogP contribution is 2.55. The van der Waals surface area contributed by atoms with Gasteiger partial charge in [0, 0.05) is 11.8 Å². The van der Waals surface area contributed by atoms with Crippen LogP contribution in [-0.2, 0) is 4.79 Å². The van der Waals surface area contributed by atoms with Crippen molar-refractivity contribution >= 4 is 5.78 Å². The zero-order chi connectivity index (χ0) is 11.0. The maximum absolute atomic E-state index is 11.8. The van der Waals surface area contributed by atoms with Crippen molar-refractivity contribution in [2.75, 3.05) is 0 Å². The summed E-state index contributed by atoms with van der Waals surface area (Å²) >= 11 is 0. The molecule has 1 nitrogen and oxygen atoms in total. The monoisotopic (exact) mass is 196 g/mol. The minimum atomic E-state index is -0.146. The smallest absolute Gasteiger partial charge is 0.138 e. The van der Waals surface area contributed by atoms with Gasteiger partial charge in [0.05, 0.1) is 0 Å². The van der Waals surface area contributed by atoms with Crippen LogP contribution in [0.1, 0.15) is 60.3 Å². The number of Topliss-reactive ketones (excluding diaryl/α,β-unsaturated/α-hetero) is 1. The average molecular weight is 196 g/mol. The van der Waals surface area contributed by atoms with E-state index < -0.39 is 0 Å². The van der Waals surface area contributed by atoms with Crippen LogP contribution in [0.2, 0.25) is 0 Å². The second kappa shape index (κ2) is 3.67. The summed E-state index contributed by atoms with van der Waals surface area (Å²) in [4.78, 5) is 11.8. The van der Waals surface area contributed by atoms with Gasteiger partial charge in [0.25, 0.3) is 0 Å². The van der Waals surface area contributed by atoms with E-state index in [2.05, 4.69) is 13.8 Å². The van der Waals surface area contributed by atoms with Crippen molar-refractivity contribution in [3.8, 4) is 0 Å². The molecular weight excluding hydrogens is 172 g/mol. The number of carbonyl (C=O) groups is 1. The van der Waals surface area contributed by atoms with E-state index in [1.54, 1.807) is 0 Å². The van der Waals surface area contributed by atoms with Crippen molar-refractivity contribution in [2.45, 2.75) is 60.3 Å². The molecule has 0 heterocycles. The van der Waals surface area contributed by atoms with Gasteiger partial charge in [-0.25, -0.2) is 0 Å². The second-order valence-corrected chi connectivity index (χ2v) is 6.19. The van der Waals surface area contributed by atoms with E-state index in [0.717, 1.165) is 18.8 Å². The van der Waals surface area contributed by atoms with E-state index >= 15 is 0 Å². The van der Waals surface area contributed by atoms with Crippen molar-refractivity contribution < 1.29 is 4.79 Å².